The van der Waals surface area contributed by atoms with Gasteiger partial charge in [0.05, 0.1) is 5.70 Å². The van der Waals surface area contributed by atoms with Gasteiger partial charge in [-0.3, -0.25) is 4.99 Å². The average molecular weight is 159 g/mol. The fourth-order valence-electron chi connectivity index (χ4n) is 1.53. The van der Waals surface area contributed by atoms with Crippen LogP contribution in [0.4, 0.5) is 0 Å². The van der Waals surface area contributed by atoms with Gasteiger partial charge in [0.15, 0.2) is 0 Å². The maximum atomic E-state index is 4.34. The third-order valence-electron chi connectivity index (χ3n) is 2.20. The Bertz CT molecular complexity index is 314. The Balaban J connectivity index is 2.45. The molecule has 1 aliphatic heterocycles. The Labute approximate surface area is 73.2 Å². The third kappa shape index (κ3) is 1.27. The first-order valence-electron chi connectivity index (χ1n) is 4.31. The summed E-state index contributed by atoms with van der Waals surface area (Å²) in [4.78, 5) is 4.34. The molecule has 0 aromatic rings. The number of hydrogen-bond donors (Lipinski definition) is 0. The molecule has 0 saturated heterocycles. The van der Waals surface area contributed by atoms with E-state index >= 15 is 0 Å². The topological polar surface area (TPSA) is 12.4 Å². The lowest BCUT2D eigenvalue weighted by atomic mass is 9.92. The summed E-state index contributed by atoms with van der Waals surface area (Å²) in [6.07, 6.45) is 11.7. The highest BCUT2D eigenvalue weighted by Gasteiger charge is 2.17. The normalized spacial score (nSPS) is 24.5. The highest BCUT2D eigenvalue weighted by Crippen LogP contribution is 2.30. The summed E-state index contributed by atoms with van der Waals surface area (Å²) < 4.78 is 0. The van der Waals surface area contributed by atoms with Gasteiger partial charge in [-0.25, -0.2) is 0 Å². The standard InChI is InChI=1S/C11H13N/c1-11(2)6-3-4-9-5-7-12-10(9)8-11/h3-4,6-8H,5H2,1-2H3. The minimum Gasteiger partial charge on any atom is -0.261 e. The molecule has 0 radical (unpaired) electrons. The number of allylic oxidation sites excluding steroid dienone is 5. The van der Waals surface area contributed by atoms with Crippen molar-refractivity contribution in [1.82, 2.24) is 0 Å². The first-order chi connectivity index (χ1) is 5.67. The smallest absolute Gasteiger partial charge is 0.0630 e. The van der Waals surface area contributed by atoms with Crippen molar-refractivity contribution in [2.45, 2.75) is 20.3 Å². The van der Waals surface area contributed by atoms with Gasteiger partial charge in [0.1, 0.15) is 0 Å². The lowest BCUT2D eigenvalue weighted by Crippen LogP contribution is -2.02. The zero-order valence-corrected chi connectivity index (χ0v) is 7.54. The molecule has 0 unspecified atom stereocenters. The van der Waals surface area contributed by atoms with Crippen LogP contribution in [0, 0.1) is 5.41 Å². The molecule has 0 atom stereocenters. The summed E-state index contributed by atoms with van der Waals surface area (Å²) in [5.41, 5.74) is 2.65. The summed E-state index contributed by atoms with van der Waals surface area (Å²) in [6, 6.07) is 0. The zero-order valence-electron chi connectivity index (χ0n) is 7.54. The van der Waals surface area contributed by atoms with Crippen LogP contribution in [0.25, 0.3) is 0 Å². The van der Waals surface area contributed by atoms with Crippen molar-refractivity contribution < 1.29 is 0 Å². The van der Waals surface area contributed by atoms with Crippen LogP contribution in [0.15, 0.2) is 40.6 Å². The summed E-state index contributed by atoms with van der Waals surface area (Å²) in [5, 5.41) is 0. The first-order valence-corrected chi connectivity index (χ1v) is 4.31. The van der Waals surface area contributed by atoms with Crippen molar-refractivity contribution in [3.63, 3.8) is 0 Å². The Morgan fingerprint density at radius 2 is 2.25 bits per heavy atom. The predicted octanol–water partition coefficient (Wildman–Crippen LogP) is 2.87. The van der Waals surface area contributed by atoms with Crippen LogP contribution in [-0.4, -0.2) is 6.21 Å². The van der Waals surface area contributed by atoms with Crippen LogP contribution < -0.4 is 0 Å². The van der Waals surface area contributed by atoms with Crippen molar-refractivity contribution in [1.29, 1.82) is 0 Å². The van der Waals surface area contributed by atoms with E-state index < -0.39 is 0 Å². The van der Waals surface area contributed by atoms with Crippen molar-refractivity contribution in [3.05, 3.63) is 35.6 Å². The molecule has 1 aliphatic carbocycles. The second-order valence-corrected chi connectivity index (χ2v) is 3.92. The Morgan fingerprint density at radius 3 is 3.08 bits per heavy atom. The van der Waals surface area contributed by atoms with Gasteiger partial charge >= 0.3 is 0 Å². The molecule has 0 aromatic carbocycles. The first kappa shape index (κ1) is 7.53. The molecule has 0 N–H and O–H groups in total. The zero-order chi connectivity index (χ0) is 8.60. The van der Waals surface area contributed by atoms with Gasteiger partial charge in [-0.05, 0) is 11.6 Å². The summed E-state index contributed by atoms with van der Waals surface area (Å²) in [6.45, 7) is 4.39. The molecule has 0 amide bonds. The van der Waals surface area contributed by atoms with Gasteiger partial charge in [0.25, 0.3) is 0 Å². The van der Waals surface area contributed by atoms with Crippen molar-refractivity contribution in [2.75, 3.05) is 0 Å². The van der Waals surface area contributed by atoms with Crippen LogP contribution in [0.3, 0.4) is 0 Å². The molecule has 1 heterocycles. The van der Waals surface area contributed by atoms with Gasteiger partial charge in [-0.1, -0.05) is 32.1 Å². The van der Waals surface area contributed by atoms with E-state index in [1.54, 1.807) is 0 Å². The molecule has 12 heavy (non-hydrogen) atoms. The Kier molecular flexibility index (Phi) is 1.53. The molecular formula is C11H13N. The quantitative estimate of drug-likeness (QED) is 0.515. The van der Waals surface area contributed by atoms with Gasteiger partial charge in [0.2, 0.25) is 0 Å². The summed E-state index contributed by atoms with van der Waals surface area (Å²) in [7, 11) is 0. The molecule has 0 bridgehead atoms. The van der Waals surface area contributed by atoms with E-state index in [0.29, 0.717) is 0 Å². The number of rotatable bonds is 0. The van der Waals surface area contributed by atoms with E-state index in [9.17, 15) is 0 Å². The molecular weight excluding hydrogens is 146 g/mol. The Morgan fingerprint density at radius 1 is 1.42 bits per heavy atom. The van der Waals surface area contributed by atoms with Crippen LogP contribution in [0.1, 0.15) is 20.3 Å². The molecule has 1 heteroatoms. The van der Waals surface area contributed by atoms with Gasteiger partial charge in [-0.15, -0.1) is 0 Å². The van der Waals surface area contributed by atoms with Crippen LogP contribution in [0.5, 0.6) is 0 Å². The third-order valence-corrected chi connectivity index (χ3v) is 2.20. The monoisotopic (exact) mass is 159 g/mol. The molecule has 2 aliphatic rings. The maximum Gasteiger partial charge on any atom is 0.0630 e. The van der Waals surface area contributed by atoms with Crippen molar-refractivity contribution >= 4 is 6.21 Å². The lowest BCUT2D eigenvalue weighted by Gasteiger charge is -2.13. The Hall–Kier alpha value is -1.11. The van der Waals surface area contributed by atoms with Crippen LogP contribution >= 0.6 is 0 Å². The van der Waals surface area contributed by atoms with E-state index in [-0.39, 0.29) is 5.41 Å². The van der Waals surface area contributed by atoms with E-state index in [2.05, 4.69) is 43.1 Å². The highest BCUT2D eigenvalue weighted by molar-refractivity contribution is 5.72. The SMILES string of the molecule is CC1(C)C=CC=C2CC=NC2=C1. The van der Waals surface area contributed by atoms with E-state index in [0.717, 1.165) is 12.1 Å². The van der Waals surface area contributed by atoms with E-state index in [4.69, 9.17) is 0 Å². The van der Waals surface area contributed by atoms with Crippen LogP contribution in [-0.2, 0) is 0 Å². The van der Waals surface area contributed by atoms with E-state index in [1.807, 2.05) is 6.21 Å². The number of nitrogens with zero attached hydrogens (tertiary/aromatic N) is 1. The predicted molar refractivity (Wildman–Crippen MR) is 52.2 cm³/mol. The average Bonchev–Trinajstić information content (AvgIpc) is 2.31. The summed E-state index contributed by atoms with van der Waals surface area (Å²) in [5.74, 6) is 0. The number of aliphatic imine (C=N–C) groups is 1. The van der Waals surface area contributed by atoms with Crippen molar-refractivity contribution in [3.8, 4) is 0 Å². The second-order valence-electron chi connectivity index (χ2n) is 3.92. The molecule has 0 aromatic heterocycles. The summed E-state index contributed by atoms with van der Waals surface area (Å²) >= 11 is 0. The number of fused-ring (bicyclic) bond motifs is 1. The highest BCUT2D eigenvalue weighted by atomic mass is 14.8. The molecule has 62 valence electrons. The minimum absolute atomic E-state index is 0.148. The minimum atomic E-state index is 0.148. The lowest BCUT2D eigenvalue weighted by molar-refractivity contribution is 0.622. The number of hydrogen-bond acceptors (Lipinski definition) is 1. The molecule has 0 fully saturated rings. The fraction of sp³-hybridized carbons (Fsp3) is 0.364. The van der Waals surface area contributed by atoms with Crippen LogP contribution in [0.2, 0.25) is 0 Å². The van der Waals surface area contributed by atoms with Gasteiger partial charge in [0, 0.05) is 18.1 Å². The molecule has 0 spiro atoms. The van der Waals surface area contributed by atoms with Gasteiger partial charge in [-0.2, -0.15) is 0 Å². The second kappa shape index (κ2) is 2.44. The van der Waals surface area contributed by atoms with E-state index in [1.165, 1.54) is 5.57 Å². The van der Waals surface area contributed by atoms with Crippen molar-refractivity contribution in [2.24, 2.45) is 10.4 Å². The largest absolute Gasteiger partial charge is 0.261 e. The molecule has 0 saturated carbocycles. The molecule has 1 nitrogen and oxygen atoms in total. The maximum absolute atomic E-state index is 4.34. The molecule has 2 rings (SSSR count). The fourth-order valence-corrected chi connectivity index (χ4v) is 1.53. The van der Waals surface area contributed by atoms with Gasteiger partial charge < -0.3 is 0 Å².